The lowest BCUT2D eigenvalue weighted by Gasteiger charge is -1.99. The van der Waals surface area contributed by atoms with Crippen LogP contribution in [-0.4, -0.2) is 7.05 Å². The average molecular weight is 98.1 g/mol. The highest BCUT2D eigenvalue weighted by Crippen LogP contribution is 1.68. The number of hydrogen-bond donors (Lipinski definition) is 2. The predicted molar refractivity (Wildman–Crippen MR) is 31.5 cm³/mol. The van der Waals surface area contributed by atoms with E-state index in [0.717, 1.165) is 5.82 Å². The van der Waals surface area contributed by atoms with Crippen LogP contribution in [0.25, 0.3) is 0 Å². The Morgan fingerprint density at radius 3 is 2.43 bits per heavy atom. The van der Waals surface area contributed by atoms with Gasteiger partial charge in [-0.05, 0) is 6.20 Å². The van der Waals surface area contributed by atoms with Crippen molar-refractivity contribution >= 4 is 0 Å². The lowest BCUT2D eigenvalue weighted by atomic mass is 10.7. The molecular formula is C5H10N2. The third-order valence-electron chi connectivity index (χ3n) is 0.578. The SMILES string of the molecule is C=CNC(=C)NC. The van der Waals surface area contributed by atoms with Gasteiger partial charge in [0, 0.05) is 7.05 Å². The van der Waals surface area contributed by atoms with Crippen molar-refractivity contribution in [3.8, 4) is 0 Å². The smallest absolute Gasteiger partial charge is 0.0949 e. The fourth-order valence-electron chi connectivity index (χ4n) is 0.195. The summed E-state index contributed by atoms with van der Waals surface area (Å²) in [5.74, 6) is 0.759. The Labute approximate surface area is 43.9 Å². The summed E-state index contributed by atoms with van der Waals surface area (Å²) in [6.45, 7) is 7.01. The van der Waals surface area contributed by atoms with Crippen LogP contribution in [0.3, 0.4) is 0 Å². The Hall–Kier alpha value is -0.920. The maximum Gasteiger partial charge on any atom is 0.0949 e. The highest BCUT2D eigenvalue weighted by molar-refractivity contribution is 4.90. The van der Waals surface area contributed by atoms with Gasteiger partial charge in [0.2, 0.25) is 0 Å². The van der Waals surface area contributed by atoms with E-state index in [1.54, 1.807) is 13.2 Å². The van der Waals surface area contributed by atoms with Gasteiger partial charge in [0.1, 0.15) is 0 Å². The van der Waals surface area contributed by atoms with E-state index < -0.39 is 0 Å². The minimum absolute atomic E-state index is 0.759. The molecule has 0 fully saturated rings. The fourth-order valence-corrected chi connectivity index (χ4v) is 0.195. The van der Waals surface area contributed by atoms with Crippen molar-refractivity contribution in [2.75, 3.05) is 7.05 Å². The monoisotopic (exact) mass is 98.1 g/mol. The molecule has 40 valence electrons. The third-order valence-corrected chi connectivity index (χ3v) is 0.578. The van der Waals surface area contributed by atoms with Crippen LogP contribution >= 0.6 is 0 Å². The van der Waals surface area contributed by atoms with Crippen molar-refractivity contribution in [3.63, 3.8) is 0 Å². The van der Waals surface area contributed by atoms with Crippen LogP contribution in [0.2, 0.25) is 0 Å². The van der Waals surface area contributed by atoms with E-state index in [1.807, 2.05) is 0 Å². The Bertz CT molecular complexity index is 76.1. The van der Waals surface area contributed by atoms with Gasteiger partial charge in [0.15, 0.2) is 0 Å². The van der Waals surface area contributed by atoms with Crippen LogP contribution in [0, 0.1) is 0 Å². The average Bonchev–Trinajstić information content (AvgIpc) is 1.68. The van der Waals surface area contributed by atoms with E-state index in [2.05, 4.69) is 23.8 Å². The molecular weight excluding hydrogens is 88.1 g/mol. The summed E-state index contributed by atoms with van der Waals surface area (Å²) in [6.07, 6.45) is 1.57. The molecule has 0 aliphatic rings. The van der Waals surface area contributed by atoms with Gasteiger partial charge in [0.05, 0.1) is 5.82 Å². The second-order valence-corrected chi connectivity index (χ2v) is 1.08. The van der Waals surface area contributed by atoms with Gasteiger partial charge < -0.3 is 10.6 Å². The lowest BCUT2D eigenvalue weighted by molar-refractivity contribution is 0.880. The zero-order valence-electron chi connectivity index (χ0n) is 4.49. The van der Waals surface area contributed by atoms with Crippen molar-refractivity contribution in [2.24, 2.45) is 0 Å². The van der Waals surface area contributed by atoms with E-state index in [-0.39, 0.29) is 0 Å². The van der Waals surface area contributed by atoms with E-state index in [9.17, 15) is 0 Å². The molecule has 7 heavy (non-hydrogen) atoms. The molecule has 0 rings (SSSR count). The molecule has 0 unspecified atom stereocenters. The summed E-state index contributed by atoms with van der Waals surface area (Å²) in [6, 6.07) is 0. The molecule has 0 amide bonds. The second-order valence-electron chi connectivity index (χ2n) is 1.08. The maximum atomic E-state index is 3.57. The van der Waals surface area contributed by atoms with Crippen LogP contribution in [0.15, 0.2) is 25.2 Å². The van der Waals surface area contributed by atoms with Crippen molar-refractivity contribution in [3.05, 3.63) is 25.2 Å². The standard InChI is InChI=1S/C5H10N2/c1-4-7-5(2)6-3/h4,6-7H,1-2H2,3H3. The number of rotatable bonds is 3. The van der Waals surface area contributed by atoms with E-state index in [1.165, 1.54) is 0 Å². The summed E-state index contributed by atoms with van der Waals surface area (Å²) in [5, 5.41) is 5.54. The largest absolute Gasteiger partial charge is 0.375 e. The first-order valence-electron chi connectivity index (χ1n) is 2.05. The van der Waals surface area contributed by atoms with Gasteiger partial charge in [-0.25, -0.2) is 0 Å². The molecule has 2 nitrogen and oxygen atoms in total. The molecule has 0 aromatic heterocycles. The number of nitrogens with one attached hydrogen (secondary N) is 2. The summed E-state index contributed by atoms with van der Waals surface area (Å²) in [5.41, 5.74) is 0. The van der Waals surface area contributed by atoms with Gasteiger partial charge in [-0.15, -0.1) is 0 Å². The van der Waals surface area contributed by atoms with Crippen LogP contribution in [0.1, 0.15) is 0 Å². The van der Waals surface area contributed by atoms with Crippen LogP contribution < -0.4 is 10.6 Å². The molecule has 0 aliphatic carbocycles. The van der Waals surface area contributed by atoms with Crippen molar-refractivity contribution in [1.29, 1.82) is 0 Å². The molecule has 0 heterocycles. The van der Waals surface area contributed by atoms with E-state index in [4.69, 9.17) is 0 Å². The molecule has 0 saturated heterocycles. The first-order chi connectivity index (χ1) is 3.31. The topological polar surface area (TPSA) is 24.1 Å². The highest BCUT2D eigenvalue weighted by Gasteiger charge is 1.74. The zero-order chi connectivity index (χ0) is 5.70. The van der Waals surface area contributed by atoms with Crippen LogP contribution in [-0.2, 0) is 0 Å². The Kier molecular flexibility index (Phi) is 2.85. The maximum absolute atomic E-state index is 3.57. The molecule has 0 aromatic rings. The third kappa shape index (κ3) is 2.89. The summed E-state index contributed by atoms with van der Waals surface area (Å²) in [7, 11) is 1.79. The quantitative estimate of drug-likeness (QED) is 0.534. The first kappa shape index (κ1) is 6.08. The molecule has 0 spiro atoms. The molecule has 0 radical (unpaired) electrons. The van der Waals surface area contributed by atoms with Gasteiger partial charge in [-0.1, -0.05) is 13.2 Å². The summed E-state index contributed by atoms with van der Waals surface area (Å²) >= 11 is 0. The summed E-state index contributed by atoms with van der Waals surface area (Å²) in [4.78, 5) is 0. The molecule has 0 atom stereocenters. The summed E-state index contributed by atoms with van der Waals surface area (Å²) < 4.78 is 0. The molecule has 2 heteroatoms. The lowest BCUT2D eigenvalue weighted by Crippen LogP contribution is -2.16. The molecule has 0 aromatic carbocycles. The van der Waals surface area contributed by atoms with E-state index in [0.29, 0.717) is 0 Å². The van der Waals surface area contributed by atoms with Crippen molar-refractivity contribution < 1.29 is 0 Å². The molecule has 0 saturated carbocycles. The predicted octanol–water partition coefficient (Wildman–Crippen LogP) is 0.410. The van der Waals surface area contributed by atoms with Gasteiger partial charge in [-0.3, -0.25) is 0 Å². The first-order valence-corrected chi connectivity index (χ1v) is 2.05. The molecule has 0 bridgehead atoms. The van der Waals surface area contributed by atoms with Crippen molar-refractivity contribution in [1.82, 2.24) is 10.6 Å². The Balaban J connectivity index is 3.17. The Morgan fingerprint density at radius 1 is 1.71 bits per heavy atom. The minimum Gasteiger partial charge on any atom is -0.375 e. The van der Waals surface area contributed by atoms with Crippen molar-refractivity contribution in [2.45, 2.75) is 0 Å². The fraction of sp³-hybridized carbons (Fsp3) is 0.200. The normalized spacial score (nSPS) is 7.00. The molecule has 0 aliphatic heterocycles. The highest BCUT2D eigenvalue weighted by atomic mass is 15.0. The molecule has 2 N–H and O–H groups in total. The van der Waals surface area contributed by atoms with Gasteiger partial charge >= 0.3 is 0 Å². The van der Waals surface area contributed by atoms with E-state index >= 15 is 0 Å². The zero-order valence-corrected chi connectivity index (χ0v) is 4.49. The van der Waals surface area contributed by atoms with Crippen LogP contribution in [0.5, 0.6) is 0 Å². The van der Waals surface area contributed by atoms with Gasteiger partial charge in [-0.2, -0.15) is 0 Å². The Morgan fingerprint density at radius 2 is 2.29 bits per heavy atom. The number of hydrogen-bond acceptors (Lipinski definition) is 2. The van der Waals surface area contributed by atoms with Gasteiger partial charge in [0.25, 0.3) is 0 Å². The minimum atomic E-state index is 0.759. The van der Waals surface area contributed by atoms with Crippen LogP contribution in [0.4, 0.5) is 0 Å². The second kappa shape index (κ2) is 3.28.